The van der Waals surface area contributed by atoms with Gasteiger partial charge in [0.1, 0.15) is 6.10 Å². The van der Waals surface area contributed by atoms with Crippen LogP contribution in [0, 0.1) is 0 Å². The molecule has 3 aliphatic rings. The largest absolute Gasteiger partial charge is 0.371 e. The molecule has 0 aromatic rings. The van der Waals surface area contributed by atoms with Crippen LogP contribution < -0.4 is 0 Å². The molecule has 3 aliphatic heterocycles. The van der Waals surface area contributed by atoms with Gasteiger partial charge >= 0.3 is 0 Å². The lowest BCUT2D eigenvalue weighted by atomic mass is 10.2. The van der Waals surface area contributed by atoms with Crippen molar-refractivity contribution in [2.24, 2.45) is 0 Å². The summed E-state index contributed by atoms with van der Waals surface area (Å²) in [5.74, 6) is -0.00808. The molecule has 3 rings (SSSR count). The zero-order valence-electron chi connectivity index (χ0n) is 10.3. The number of hydrogen-bond acceptors (Lipinski definition) is 4. The summed E-state index contributed by atoms with van der Waals surface area (Å²) < 4.78 is 10.5. The molecule has 0 bridgehead atoms. The molecule has 0 radical (unpaired) electrons. The standard InChI is InChI=1S/C12H18N2O4/c15-11-7-14(12(16)10-2-1-5-17-10)4-3-13(11)6-9-8-18-9/h9-10H,1-8H2/t9-,10+/m1/s1. The Morgan fingerprint density at radius 2 is 2.17 bits per heavy atom. The van der Waals surface area contributed by atoms with Crippen molar-refractivity contribution in [2.45, 2.75) is 25.0 Å². The van der Waals surface area contributed by atoms with Crippen molar-refractivity contribution < 1.29 is 19.1 Å². The van der Waals surface area contributed by atoms with Gasteiger partial charge in [-0.1, -0.05) is 0 Å². The molecule has 0 aliphatic carbocycles. The normalized spacial score (nSPS) is 31.9. The first-order valence-electron chi connectivity index (χ1n) is 6.54. The van der Waals surface area contributed by atoms with Gasteiger partial charge in [-0.15, -0.1) is 0 Å². The van der Waals surface area contributed by atoms with E-state index in [4.69, 9.17) is 9.47 Å². The van der Waals surface area contributed by atoms with E-state index in [2.05, 4.69) is 0 Å². The molecule has 2 atom stereocenters. The number of rotatable bonds is 3. The molecule has 0 N–H and O–H groups in total. The second kappa shape index (κ2) is 4.85. The van der Waals surface area contributed by atoms with Gasteiger partial charge in [0.15, 0.2) is 0 Å². The highest BCUT2D eigenvalue weighted by Crippen LogP contribution is 2.17. The number of nitrogens with zero attached hydrogens (tertiary/aromatic N) is 2. The number of epoxide rings is 1. The monoisotopic (exact) mass is 254 g/mol. The molecule has 0 saturated carbocycles. The predicted octanol–water partition coefficient (Wildman–Crippen LogP) is -0.765. The lowest BCUT2D eigenvalue weighted by Crippen LogP contribution is -2.55. The van der Waals surface area contributed by atoms with E-state index < -0.39 is 0 Å². The minimum Gasteiger partial charge on any atom is -0.371 e. The SMILES string of the molecule is O=C1CN(C(=O)[C@@H]2CCCO2)CCN1C[C@@H]1CO1. The van der Waals surface area contributed by atoms with Gasteiger partial charge in [-0.2, -0.15) is 0 Å². The average molecular weight is 254 g/mol. The van der Waals surface area contributed by atoms with Crippen LogP contribution in [0.3, 0.4) is 0 Å². The van der Waals surface area contributed by atoms with Crippen LogP contribution in [-0.2, 0) is 19.1 Å². The molecule has 3 saturated heterocycles. The number of hydrogen-bond donors (Lipinski definition) is 0. The quantitative estimate of drug-likeness (QED) is 0.621. The summed E-state index contributed by atoms with van der Waals surface area (Å²) in [6.07, 6.45) is 1.61. The van der Waals surface area contributed by atoms with Crippen LogP contribution in [0.5, 0.6) is 0 Å². The first-order valence-corrected chi connectivity index (χ1v) is 6.54. The Labute approximate surface area is 106 Å². The summed E-state index contributed by atoms with van der Waals surface area (Å²) in [5, 5.41) is 0. The molecule has 100 valence electrons. The van der Waals surface area contributed by atoms with Crippen LogP contribution in [-0.4, -0.2) is 73.2 Å². The van der Waals surface area contributed by atoms with Gasteiger partial charge in [-0.05, 0) is 12.8 Å². The van der Waals surface area contributed by atoms with Crippen molar-refractivity contribution >= 4 is 11.8 Å². The first-order chi connectivity index (χ1) is 8.74. The van der Waals surface area contributed by atoms with Crippen LogP contribution >= 0.6 is 0 Å². The molecular formula is C12H18N2O4. The van der Waals surface area contributed by atoms with Crippen LogP contribution in [0.1, 0.15) is 12.8 Å². The minimum absolute atomic E-state index is 0.0168. The number of ether oxygens (including phenoxy) is 2. The third-order valence-electron chi connectivity index (χ3n) is 3.66. The van der Waals surface area contributed by atoms with Gasteiger partial charge in [0.2, 0.25) is 5.91 Å². The van der Waals surface area contributed by atoms with Crippen LogP contribution in [0.25, 0.3) is 0 Å². The molecule has 0 aromatic carbocycles. The van der Waals surface area contributed by atoms with Gasteiger partial charge < -0.3 is 19.3 Å². The van der Waals surface area contributed by atoms with E-state index in [0.717, 1.165) is 19.4 Å². The van der Waals surface area contributed by atoms with Gasteiger partial charge in [0, 0.05) is 26.2 Å². The Hall–Kier alpha value is -1.14. The van der Waals surface area contributed by atoms with E-state index in [9.17, 15) is 9.59 Å². The summed E-state index contributed by atoms with van der Waals surface area (Å²) >= 11 is 0. The zero-order valence-corrected chi connectivity index (χ0v) is 10.3. The van der Waals surface area contributed by atoms with E-state index >= 15 is 0 Å². The molecule has 6 nitrogen and oxygen atoms in total. The number of amides is 2. The fourth-order valence-corrected chi connectivity index (χ4v) is 2.48. The second-order valence-corrected chi connectivity index (χ2v) is 5.06. The summed E-state index contributed by atoms with van der Waals surface area (Å²) in [6.45, 7) is 3.48. The van der Waals surface area contributed by atoms with E-state index in [1.807, 2.05) is 0 Å². The predicted molar refractivity (Wildman–Crippen MR) is 61.9 cm³/mol. The van der Waals surface area contributed by atoms with E-state index in [1.54, 1.807) is 9.80 Å². The Morgan fingerprint density at radius 3 is 2.78 bits per heavy atom. The van der Waals surface area contributed by atoms with Crippen LogP contribution in [0.4, 0.5) is 0 Å². The fraction of sp³-hybridized carbons (Fsp3) is 0.833. The van der Waals surface area contributed by atoms with E-state index in [1.165, 1.54) is 0 Å². The summed E-state index contributed by atoms with van der Waals surface area (Å²) in [6, 6.07) is 0. The topological polar surface area (TPSA) is 62.4 Å². The van der Waals surface area contributed by atoms with Gasteiger partial charge in [-0.25, -0.2) is 0 Å². The van der Waals surface area contributed by atoms with E-state index in [-0.39, 0.29) is 30.6 Å². The summed E-state index contributed by atoms with van der Waals surface area (Å²) in [7, 11) is 0. The summed E-state index contributed by atoms with van der Waals surface area (Å²) in [5.41, 5.74) is 0. The molecule has 6 heteroatoms. The molecular weight excluding hydrogens is 236 g/mol. The smallest absolute Gasteiger partial charge is 0.252 e. The summed E-state index contributed by atoms with van der Waals surface area (Å²) in [4.78, 5) is 27.4. The van der Waals surface area contributed by atoms with Crippen LogP contribution in [0.2, 0.25) is 0 Å². The first kappa shape index (κ1) is 11.9. The number of carbonyl (C=O) groups excluding carboxylic acids is 2. The lowest BCUT2D eigenvalue weighted by Gasteiger charge is -2.35. The van der Waals surface area contributed by atoms with Crippen molar-refractivity contribution in [3.63, 3.8) is 0 Å². The Balaban J connectivity index is 1.53. The maximum absolute atomic E-state index is 12.1. The Morgan fingerprint density at radius 1 is 1.33 bits per heavy atom. The number of carbonyl (C=O) groups is 2. The fourth-order valence-electron chi connectivity index (χ4n) is 2.48. The third kappa shape index (κ3) is 2.49. The lowest BCUT2D eigenvalue weighted by molar-refractivity contribution is -0.150. The van der Waals surface area contributed by atoms with Crippen molar-refractivity contribution in [3.8, 4) is 0 Å². The second-order valence-electron chi connectivity index (χ2n) is 5.06. The highest BCUT2D eigenvalue weighted by molar-refractivity contribution is 5.88. The van der Waals surface area contributed by atoms with Crippen molar-refractivity contribution in [1.82, 2.24) is 9.80 Å². The minimum atomic E-state index is -0.323. The van der Waals surface area contributed by atoms with Crippen molar-refractivity contribution in [3.05, 3.63) is 0 Å². The highest BCUT2D eigenvalue weighted by Gasteiger charge is 2.35. The Bertz CT molecular complexity index is 350. The van der Waals surface area contributed by atoms with Crippen LogP contribution in [0.15, 0.2) is 0 Å². The highest BCUT2D eigenvalue weighted by atomic mass is 16.6. The van der Waals surface area contributed by atoms with Crippen molar-refractivity contribution in [2.75, 3.05) is 39.4 Å². The van der Waals surface area contributed by atoms with Gasteiger partial charge in [-0.3, -0.25) is 9.59 Å². The van der Waals surface area contributed by atoms with Crippen molar-refractivity contribution in [1.29, 1.82) is 0 Å². The van der Waals surface area contributed by atoms with Gasteiger partial charge in [0.25, 0.3) is 5.91 Å². The molecule has 18 heavy (non-hydrogen) atoms. The molecule has 2 amide bonds. The molecule has 0 unspecified atom stereocenters. The van der Waals surface area contributed by atoms with E-state index in [0.29, 0.717) is 26.2 Å². The third-order valence-corrected chi connectivity index (χ3v) is 3.66. The molecule has 3 heterocycles. The number of piperazine rings is 1. The van der Waals surface area contributed by atoms with Gasteiger partial charge in [0.05, 0.1) is 19.3 Å². The molecule has 0 spiro atoms. The maximum atomic E-state index is 12.1. The average Bonchev–Trinajstić information content (AvgIpc) is 3.02. The maximum Gasteiger partial charge on any atom is 0.252 e. The molecule has 0 aromatic heterocycles. The zero-order chi connectivity index (χ0) is 12.5. The molecule has 3 fully saturated rings. The Kier molecular flexibility index (Phi) is 3.22.